The predicted molar refractivity (Wildman–Crippen MR) is 100 cm³/mol. The van der Waals surface area contributed by atoms with Crippen molar-refractivity contribution in [3.8, 4) is 0 Å². The molecule has 0 spiro atoms. The molecule has 26 heavy (non-hydrogen) atoms. The fraction of sp³-hybridized carbons (Fsp3) is 0.333. The first-order valence-electron chi connectivity index (χ1n) is 8.50. The number of nitrogens with zero attached hydrogens (tertiary/aromatic N) is 2. The minimum Gasteiger partial charge on any atom is -0.359 e. The van der Waals surface area contributed by atoms with Crippen LogP contribution in [0, 0.1) is 5.92 Å². The lowest BCUT2D eigenvalue weighted by Crippen LogP contribution is -2.42. The van der Waals surface area contributed by atoms with Crippen LogP contribution in [0.4, 0.5) is 11.5 Å². The average molecular weight is 374 g/mol. The van der Waals surface area contributed by atoms with Crippen LogP contribution in [0.25, 0.3) is 0 Å². The molecule has 2 heterocycles. The fourth-order valence-electron chi connectivity index (χ4n) is 3.12. The van der Waals surface area contributed by atoms with Crippen molar-refractivity contribution in [2.75, 3.05) is 29.8 Å². The number of anilines is 2. The molecule has 2 aromatic rings. The zero-order valence-electron chi connectivity index (χ0n) is 14.6. The second kappa shape index (κ2) is 7.74. The molecule has 0 bridgehead atoms. The standard InChI is InChI=1S/C18H22N4O3S/c1-19-18(23)14-7-6-12-22(13-14)17-16(10-5-11-20-17)21-26(24,25)15-8-3-2-4-9-15/h2-5,8-11,14,21H,6-7,12-13H2,1H3,(H,19,23). The molecule has 1 unspecified atom stereocenters. The second-order valence-corrected chi connectivity index (χ2v) is 7.87. The van der Waals surface area contributed by atoms with Gasteiger partial charge in [0, 0.05) is 26.3 Å². The van der Waals surface area contributed by atoms with Crippen LogP contribution in [0.3, 0.4) is 0 Å². The zero-order chi connectivity index (χ0) is 18.6. The lowest BCUT2D eigenvalue weighted by molar-refractivity contribution is -0.124. The van der Waals surface area contributed by atoms with E-state index in [0.717, 1.165) is 19.4 Å². The van der Waals surface area contributed by atoms with Crippen LogP contribution >= 0.6 is 0 Å². The van der Waals surface area contributed by atoms with Gasteiger partial charge in [0.25, 0.3) is 10.0 Å². The number of hydrogen-bond acceptors (Lipinski definition) is 5. The number of hydrogen-bond donors (Lipinski definition) is 2. The number of piperidine rings is 1. The number of carbonyl (C=O) groups excluding carboxylic acids is 1. The van der Waals surface area contributed by atoms with E-state index in [2.05, 4.69) is 15.0 Å². The summed E-state index contributed by atoms with van der Waals surface area (Å²) in [7, 11) is -2.08. The number of aromatic nitrogens is 1. The molecule has 1 fully saturated rings. The van der Waals surface area contributed by atoms with Crippen molar-refractivity contribution in [3.63, 3.8) is 0 Å². The Morgan fingerprint density at radius 2 is 1.96 bits per heavy atom. The summed E-state index contributed by atoms with van der Waals surface area (Å²) in [5, 5.41) is 2.68. The highest BCUT2D eigenvalue weighted by atomic mass is 32.2. The topological polar surface area (TPSA) is 91.4 Å². The van der Waals surface area contributed by atoms with Crippen molar-refractivity contribution in [3.05, 3.63) is 48.7 Å². The van der Waals surface area contributed by atoms with Crippen molar-refractivity contribution >= 4 is 27.4 Å². The molecule has 1 aromatic heterocycles. The highest BCUT2D eigenvalue weighted by Gasteiger charge is 2.27. The summed E-state index contributed by atoms with van der Waals surface area (Å²) in [6.07, 6.45) is 3.28. The molecule has 2 N–H and O–H groups in total. The minimum absolute atomic E-state index is 0.00273. The van der Waals surface area contributed by atoms with Gasteiger partial charge in [0.2, 0.25) is 5.91 Å². The summed E-state index contributed by atoms with van der Waals surface area (Å²) < 4.78 is 27.9. The Morgan fingerprint density at radius 1 is 1.19 bits per heavy atom. The third kappa shape index (κ3) is 3.96. The number of pyridine rings is 1. The summed E-state index contributed by atoms with van der Waals surface area (Å²) in [6.45, 7) is 1.24. The summed E-state index contributed by atoms with van der Waals surface area (Å²) in [6, 6.07) is 11.6. The summed E-state index contributed by atoms with van der Waals surface area (Å²) in [4.78, 5) is 18.5. The number of rotatable bonds is 5. The summed E-state index contributed by atoms with van der Waals surface area (Å²) in [5.41, 5.74) is 0.411. The first kappa shape index (κ1) is 18.2. The molecule has 0 saturated carbocycles. The van der Waals surface area contributed by atoms with Gasteiger partial charge in [-0.15, -0.1) is 0 Å². The Hall–Kier alpha value is -2.61. The van der Waals surface area contributed by atoms with Crippen LogP contribution in [0.15, 0.2) is 53.6 Å². The molecule has 1 amide bonds. The fourth-order valence-corrected chi connectivity index (χ4v) is 4.20. The Bertz CT molecular complexity index is 871. The van der Waals surface area contributed by atoms with E-state index < -0.39 is 10.0 Å². The van der Waals surface area contributed by atoms with Gasteiger partial charge in [0.15, 0.2) is 5.82 Å². The molecule has 1 atom stereocenters. The molecule has 3 rings (SSSR count). The zero-order valence-corrected chi connectivity index (χ0v) is 15.4. The van der Waals surface area contributed by atoms with E-state index in [1.54, 1.807) is 55.7 Å². The smallest absolute Gasteiger partial charge is 0.262 e. The lowest BCUT2D eigenvalue weighted by Gasteiger charge is -2.33. The number of sulfonamides is 1. The van der Waals surface area contributed by atoms with Crippen LogP contribution in [0.5, 0.6) is 0 Å². The molecule has 1 saturated heterocycles. The van der Waals surface area contributed by atoms with Crippen molar-refractivity contribution < 1.29 is 13.2 Å². The highest BCUT2D eigenvalue weighted by Crippen LogP contribution is 2.29. The molecule has 0 radical (unpaired) electrons. The molecule has 1 aliphatic rings. The van der Waals surface area contributed by atoms with Gasteiger partial charge in [-0.2, -0.15) is 0 Å². The molecule has 138 valence electrons. The van der Waals surface area contributed by atoms with E-state index in [1.807, 2.05) is 4.90 Å². The Kier molecular flexibility index (Phi) is 5.41. The Balaban J connectivity index is 1.86. The monoisotopic (exact) mass is 374 g/mol. The maximum Gasteiger partial charge on any atom is 0.262 e. The predicted octanol–water partition coefficient (Wildman–Crippen LogP) is 1.84. The van der Waals surface area contributed by atoms with Gasteiger partial charge < -0.3 is 10.2 Å². The number of nitrogens with one attached hydrogen (secondary N) is 2. The molecule has 8 heteroatoms. The van der Waals surface area contributed by atoms with Gasteiger partial charge in [-0.25, -0.2) is 13.4 Å². The molecular formula is C18H22N4O3S. The second-order valence-electron chi connectivity index (χ2n) is 6.19. The lowest BCUT2D eigenvalue weighted by atomic mass is 9.97. The number of carbonyl (C=O) groups is 1. The van der Waals surface area contributed by atoms with Crippen molar-refractivity contribution in [2.45, 2.75) is 17.7 Å². The molecule has 1 aromatic carbocycles. The molecule has 7 nitrogen and oxygen atoms in total. The van der Waals surface area contributed by atoms with Crippen molar-refractivity contribution in [1.82, 2.24) is 10.3 Å². The number of amides is 1. The van der Waals surface area contributed by atoms with Crippen LogP contribution < -0.4 is 14.9 Å². The minimum atomic E-state index is -3.70. The highest BCUT2D eigenvalue weighted by molar-refractivity contribution is 7.92. The van der Waals surface area contributed by atoms with E-state index in [4.69, 9.17) is 0 Å². The first-order valence-corrected chi connectivity index (χ1v) is 9.99. The maximum atomic E-state index is 12.6. The van der Waals surface area contributed by atoms with E-state index >= 15 is 0 Å². The van der Waals surface area contributed by atoms with E-state index in [1.165, 1.54) is 0 Å². The largest absolute Gasteiger partial charge is 0.359 e. The molecule has 0 aliphatic carbocycles. The molecular weight excluding hydrogens is 352 g/mol. The average Bonchev–Trinajstić information content (AvgIpc) is 2.68. The van der Waals surface area contributed by atoms with Gasteiger partial charge in [0.05, 0.1) is 16.5 Å². The third-order valence-corrected chi connectivity index (χ3v) is 5.80. The van der Waals surface area contributed by atoms with Crippen LogP contribution in [0.2, 0.25) is 0 Å². The quantitative estimate of drug-likeness (QED) is 0.833. The van der Waals surface area contributed by atoms with E-state index in [0.29, 0.717) is 18.1 Å². The van der Waals surface area contributed by atoms with E-state index in [9.17, 15) is 13.2 Å². The van der Waals surface area contributed by atoms with Crippen LogP contribution in [-0.2, 0) is 14.8 Å². The number of benzene rings is 1. The van der Waals surface area contributed by atoms with Crippen molar-refractivity contribution in [1.29, 1.82) is 0 Å². The van der Waals surface area contributed by atoms with Crippen LogP contribution in [-0.4, -0.2) is 39.4 Å². The maximum absolute atomic E-state index is 12.6. The van der Waals surface area contributed by atoms with E-state index in [-0.39, 0.29) is 16.7 Å². The Labute approximate surface area is 153 Å². The summed E-state index contributed by atoms with van der Waals surface area (Å²) in [5.74, 6) is 0.409. The van der Waals surface area contributed by atoms with Gasteiger partial charge in [-0.3, -0.25) is 9.52 Å². The van der Waals surface area contributed by atoms with Crippen molar-refractivity contribution in [2.24, 2.45) is 5.92 Å². The van der Waals surface area contributed by atoms with Gasteiger partial charge in [-0.05, 0) is 37.1 Å². The SMILES string of the molecule is CNC(=O)C1CCCN(c2ncccc2NS(=O)(=O)c2ccccc2)C1. The summed E-state index contributed by atoms with van der Waals surface area (Å²) >= 11 is 0. The Morgan fingerprint density at radius 3 is 2.69 bits per heavy atom. The molecule has 1 aliphatic heterocycles. The normalized spacial score (nSPS) is 17.6. The van der Waals surface area contributed by atoms with Gasteiger partial charge >= 0.3 is 0 Å². The third-order valence-electron chi connectivity index (χ3n) is 4.42. The van der Waals surface area contributed by atoms with Crippen LogP contribution in [0.1, 0.15) is 12.8 Å². The van der Waals surface area contributed by atoms with Gasteiger partial charge in [0.1, 0.15) is 0 Å². The first-order chi connectivity index (χ1) is 12.5. The van der Waals surface area contributed by atoms with Gasteiger partial charge in [-0.1, -0.05) is 18.2 Å².